The maximum absolute atomic E-state index is 5.87. The molecule has 23 heavy (non-hydrogen) atoms. The van der Waals surface area contributed by atoms with Crippen molar-refractivity contribution in [2.75, 3.05) is 10.6 Å². The third kappa shape index (κ3) is 3.96. The molecule has 0 spiro atoms. The zero-order valence-electron chi connectivity index (χ0n) is 12.8. The van der Waals surface area contributed by atoms with Crippen LogP contribution in [-0.2, 0) is 0 Å². The SMILES string of the molecule is Cc1ccc(Nc2cnnc(Nc3ccc(Cl)cc3)n2)c(C)c1. The molecule has 5 nitrogen and oxygen atoms in total. The van der Waals surface area contributed by atoms with Crippen LogP contribution < -0.4 is 10.6 Å². The summed E-state index contributed by atoms with van der Waals surface area (Å²) in [5, 5.41) is 15.0. The molecule has 0 fully saturated rings. The van der Waals surface area contributed by atoms with Crippen LogP contribution in [0.25, 0.3) is 0 Å². The molecule has 0 saturated heterocycles. The van der Waals surface area contributed by atoms with Crippen molar-refractivity contribution in [2.24, 2.45) is 0 Å². The smallest absolute Gasteiger partial charge is 0.249 e. The summed E-state index contributed by atoms with van der Waals surface area (Å²) in [5.41, 5.74) is 4.21. The number of nitrogens with one attached hydrogen (secondary N) is 2. The van der Waals surface area contributed by atoms with E-state index in [1.54, 1.807) is 18.3 Å². The van der Waals surface area contributed by atoms with Gasteiger partial charge in [0.05, 0.1) is 6.20 Å². The second-order valence-corrected chi connectivity index (χ2v) is 5.68. The Morgan fingerprint density at radius 3 is 2.48 bits per heavy atom. The number of nitrogens with zero attached hydrogens (tertiary/aromatic N) is 3. The minimum Gasteiger partial charge on any atom is -0.339 e. The number of rotatable bonds is 4. The topological polar surface area (TPSA) is 62.7 Å². The van der Waals surface area contributed by atoms with E-state index in [9.17, 15) is 0 Å². The number of aryl methyl sites for hydroxylation is 2. The highest BCUT2D eigenvalue weighted by atomic mass is 35.5. The molecule has 0 radical (unpaired) electrons. The van der Waals surface area contributed by atoms with Gasteiger partial charge in [0.2, 0.25) is 5.95 Å². The van der Waals surface area contributed by atoms with Crippen molar-refractivity contribution in [3.05, 3.63) is 64.8 Å². The highest BCUT2D eigenvalue weighted by Crippen LogP contribution is 2.21. The van der Waals surface area contributed by atoms with Gasteiger partial charge in [-0.3, -0.25) is 0 Å². The fraction of sp³-hybridized carbons (Fsp3) is 0.118. The summed E-state index contributed by atoms with van der Waals surface area (Å²) in [5.74, 6) is 1.05. The monoisotopic (exact) mass is 325 g/mol. The number of aromatic nitrogens is 3. The van der Waals surface area contributed by atoms with E-state index in [2.05, 4.69) is 51.8 Å². The first-order valence-electron chi connectivity index (χ1n) is 7.17. The Bertz CT molecular complexity index is 817. The molecule has 2 aromatic carbocycles. The first-order chi connectivity index (χ1) is 11.1. The minimum absolute atomic E-state index is 0.419. The molecule has 1 aromatic heterocycles. The number of halogens is 1. The van der Waals surface area contributed by atoms with E-state index in [0.29, 0.717) is 16.8 Å². The molecule has 6 heteroatoms. The Balaban J connectivity index is 1.78. The third-order valence-corrected chi connectivity index (χ3v) is 3.56. The van der Waals surface area contributed by atoms with Crippen molar-refractivity contribution >= 4 is 34.7 Å². The maximum atomic E-state index is 5.87. The molecular formula is C17H16ClN5. The summed E-state index contributed by atoms with van der Waals surface area (Å²) in [6.45, 7) is 4.12. The van der Waals surface area contributed by atoms with Gasteiger partial charge < -0.3 is 10.6 Å². The quantitative estimate of drug-likeness (QED) is 0.732. The Morgan fingerprint density at radius 1 is 0.957 bits per heavy atom. The van der Waals surface area contributed by atoms with Crippen LogP contribution in [0.3, 0.4) is 0 Å². The van der Waals surface area contributed by atoms with E-state index < -0.39 is 0 Å². The molecule has 116 valence electrons. The Hall–Kier alpha value is -2.66. The molecule has 1 heterocycles. The van der Waals surface area contributed by atoms with Crippen molar-refractivity contribution in [3.8, 4) is 0 Å². The van der Waals surface area contributed by atoms with Crippen LogP contribution in [-0.4, -0.2) is 15.2 Å². The van der Waals surface area contributed by atoms with E-state index in [1.165, 1.54) is 5.56 Å². The zero-order chi connectivity index (χ0) is 16.2. The average Bonchev–Trinajstić information content (AvgIpc) is 2.53. The summed E-state index contributed by atoms with van der Waals surface area (Å²) in [4.78, 5) is 4.42. The van der Waals surface area contributed by atoms with Crippen molar-refractivity contribution in [3.63, 3.8) is 0 Å². The summed E-state index contributed by atoms with van der Waals surface area (Å²) >= 11 is 5.87. The Labute approximate surface area is 139 Å². The summed E-state index contributed by atoms with van der Waals surface area (Å²) in [7, 11) is 0. The Kier molecular flexibility index (Phi) is 4.39. The molecule has 2 N–H and O–H groups in total. The number of benzene rings is 2. The first-order valence-corrected chi connectivity index (χ1v) is 7.54. The van der Waals surface area contributed by atoms with Crippen LogP contribution >= 0.6 is 11.6 Å². The van der Waals surface area contributed by atoms with Gasteiger partial charge in [0, 0.05) is 16.4 Å². The molecule has 0 aliphatic heterocycles. The van der Waals surface area contributed by atoms with Gasteiger partial charge >= 0.3 is 0 Å². The lowest BCUT2D eigenvalue weighted by Crippen LogP contribution is -2.03. The molecule has 0 saturated carbocycles. The van der Waals surface area contributed by atoms with E-state index in [-0.39, 0.29) is 0 Å². The lowest BCUT2D eigenvalue weighted by Gasteiger charge is -2.10. The van der Waals surface area contributed by atoms with Gasteiger partial charge in [0.25, 0.3) is 0 Å². The standard InChI is InChI=1S/C17H16ClN5/c1-11-3-8-15(12(2)9-11)21-16-10-19-23-17(22-16)20-14-6-4-13(18)5-7-14/h3-10H,1-2H3,(H2,20,21,22,23). The minimum atomic E-state index is 0.419. The predicted molar refractivity (Wildman–Crippen MR) is 93.8 cm³/mol. The lowest BCUT2D eigenvalue weighted by atomic mass is 10.1. The zero-order valence-corrected chi connectivity index (χ0v) is 13.6. The van der Waals surface area contributed by atoms with Crippen LogP contribution in [0, 0.1) is 13.8 Å². The van der Waals surface area contributed by atoms with Crippen LogP contribution in [0.1, 0.15) is 11.1 Å². The first kappa shape index (κ1) is 15.2. The summed E-state index contributed by atoms with van der Waals surface area (Å²) < 4.78 is 0. The summed E-state index contributed by atoms with van der Waals surface area (Å²) in [6.07, 6.45) is 1.59. The van der Waals surface area contributed by atoms with Crippen molar-refractivity contribution in [2.45, 2.75) is 13.8 Å². The van der Waals surface area contributed by atoms with Gasteiger partial charge in [-0.15, -0.1) is 5.10 Å². The van der Waals surface area contributed by atoms with Crippen LogP contribution in [0.15, 0.2) is 48.7 Å². The molecule has 0 aliphatic carbocycles. The lowest BCUT2D eigenvalue weighted by molar-refractivity contribution is 0.982. The molecule has 0 amide bonds. The number of anilines is 4. The van der Waals surface area contributed by atoms with Crippen LogP contribution in [0.2, 0.25) is 5.02 Å². The molecule has 0 unspecified atom stereocenters. The molecule has 3 aromatic rings. The highest BCUT2D eigenvalue weighted by molar-refractivity contribution is 6.30. The van der Waals surface area contributed by atoms with Crippen LogP contribution in [0.5, 0.6) is 0 Å². The van der Waals surface area contributed by atoms with E-state index in [1.807, 2.05) is 18.2 Å². The van der Waals surface area contributed by atoms with Gasteiger partial charge in [0.1, 0.15) is 0 Å². The molecule has 0 aliphatic rings. The number of hydrogen-bond acceptors (Lipinski definition) is 5. The Morgan fingerprint density at radius 2 is 1.74 bits per heavy atom. The van der Waals surface area contributed by atoms with Gasteiger partial charge in [-0.2, -0.15) is 10.1 Å². The third-order valence-electron chi connectivity index (χ3n) is 3.30. The van der Waals surface area contributed by atoms with E-state index in [0.717, 1.165) is 16.9 Å². The second-order valence-electron chi connectivity index (χ2n) is 5.24. The summed E-state index contributed by atoms with van der Waals surface area (Å²) in [6, 6.07) is 13.5. The average molecular weight is 326 g/mol. The molecular weight excluding hydrogens is 310 g/mol. The molecule has 0 bridgehead atoms. The van der Waals surface area contributed by atoms with Crippen molar-refractivity contribution in [1.82, 2.24) is 15.2 Å². The molecule has 3 rings (SSSR count). The largest absolute Gasteiger partial charge is 0.339 e. The number of hydrogen-bond donors (Lipinski definition) is 2. The molecule has 0 atom stereocenters. The second kappa shape index (κ2) is 6.62. The van der Waals surface area contributed by atoms with E-state index in [4.69, 9.17) is 11.6 Å². The normalized spacial score (nSPS) is 10.4. The fourth-order valence-electron chi connectivity index (χ4n) is 2.17. The van der Waals surface area contributed by atoms with Gasteiger partial charge in [-0.1, -0.05) is 29.3 Å². The van der Waals surface area contributed by atoms with Gasteiger partial charge in [0.15, 0.2) is 5.82 Å². The highest BCUT2D eigenvalue weighted by Gasteiger charge is 2.04. The van der Waals surface area contributed by atoms with Gasteiger partial charge in [-0.05, 0) is 49.7 Å². The van der Waals surface area contributed by atoms with Crippen LogP contribution in [0.4, 0.5) is 23.1 Å². The van der Waals surface area contributed by atoms with Crippen molar-refractivity contribution in [1.29, 1.82) is 0 Å². The van der Waals surface area contributed by atoms with E-state index >= 15 is 0 Å². The maximum Gasteiger partial charge on any atom is 0.249 e. The van der Waals surface area contributed by atoms with Crippen molar-refractivity contribution < 1.29 is 0 Å². The fourth-order valence-corrected chi connectivity index (χ4v) is 2.30. The van der Waals surface area contributed by atoms with Gasteiger partial charge in [-0.25, -0.2) is 0 Å². The predicted octanol–water partition coefficient (Wildman–Crippen LogP) is 4.63.